The van der Waals surface area contributed by atoms with Gasteiger partial charge in [-0.1, -0.05) is 24.3 Å². The van der Waals surface area contributed by atoms with Crippen LogP contribution in [0.25, 0.3) is 0 Å². The molecule has 30 heavy (non-hydrogen) atoms. The largest absolute Gasteiger partial charge is 0.488 e. The normalized spacial score (nSPS) is 12.4. The van der Waals surface area contributed by atoms with Crippen molar-refractivity contribution in [3.8, 4) is 11.5 Å². The van der Waals surface area contributed by atoms with Gasteiger partial charge < -0.3 is 20.1 Å². The van der Waals surface area contributed by atoms with Crippen molar-refractivity contribution in [2.45, 2.75) is 32.1 Å². The molecule has 164 valence electrons. The van der Waals surface area contributed by atoms with Crippen molar-refractivity contribution in [2.75, 3.05) is 13.2 Å². The van der Waals surface area contributed by atoms with Crippen LogP contribution in [-0.4, -0.2) is 31.8 Å². The van der Waals surface area contributed by atoms with Crippen molar-refractivity contribution in [3.63, 3.8) is 0 Å². The summed E-state index contributed by atoms with van der Waals surface area (Å²) in [4.78, 5) is 12.1. The molecule has 2 rings (SSSR count). The maximum Gasteiger partial charge on any atom is 0.422 e. The fraction of sp³-hybridized carbons (Fsp3) is 0.350. The Kier molecular flexibility index (Phi) is 8.25. The van der Waals surface area contributed by atoms with Crippen LogP contribution in [0.4, 0.5) is 26.7 Å². The van der Waals surface area contributed by atoms with Crippen LogP contribution in [0, 0.1) is 0 Å². The smallest absolute Gasteiger partial charge is 0.422 e. The summed E-state index contributed by atoms with van der Waals surface area (Å²) in [6.45, 7) is -0.232. The highest BCUT2D eigenvalue weighted by molar-refractivity contribution is 5.74. The molecule has 1 atom stereocenters. The summed E-state index contributed by atoms with van der Waals surface area (Å²) < 4.78 is 70.5. The van der Waals surface area contributed by atoms with Crippen molar-refractivity contribution >= 4 is 6.03 Å². The number of urea groups is 1. The molecule has 2 aromatic rings. The molecule has 10 heteroatoms. The molecule has 0 fully saturated rings. The Morgan fingerprint density at radius 2 is 1.73 bits per heavy atom. The lowest BCUT2D eigenvalue weighted by molar-refractivity contribution is -0.153. The van der Waals surface area contributed by atoms with E-state index in [1.807, 2.05) is 0 Å². The average molecular weight is 432 g/mol. The summed E-state index contributed by atoms with van der Waals surface area (Å²) in [5.41, 5.74) is 1.34. The van der Waals surface area contributed by atoms with Crippen LogP contribution in [0.5, 0.6) is 11.5 Å². The number of hydrogen-bond acceptors (Lipinski definition) is 3. The molecule has 1 unspecified atom stereocenters. The summed E-state index contributed by atoms with van der Waals surface area (Å²) in [5, 5.41) is 5.33. The predicted octanol–water partition coefficient (Wildman–Crippen LogP) is 4.83. The van der Waals surface area contributed by atoms with Gasteiger partial charge in [0.1, 0.15) is 18.1 Å². The lowest BCUT2D eigenvalue weighted by atomic mass is 10.1. The molecule has 2 amide bonds. The van der Waals surface area contributed by atoms with Gasteiger partial charge in [-0.15, -0.1) is 0 Å². The van der Waals surface area contributed by atoms with E-state index in [2.05, 4.69) is 15.4 Å². The average Bonchev–Trinajstić information content (AvgIpc) is 2.69. The number of amides is 2. The summed E-state index contributed by atoms with van der Waals surface area (Å²) in [6, 6.07) is 11.4. The second-order valence-electron chi connectivity index (χ2n) is 6.37. The molecule has 0 aliphatic heterocycles. The molecular weight excluding hydrogens is 411 g/mol. The molecule has 0 aliphatic rings. The van der Waals surface area contributed by atoms with Crippen LogP contribution in [0.3, 0.4) is 0 Å². The molecule has 0 bridgehead atoms. The Labute approximate surface area is 170 Å². The molecular formula is C20H21F5N2O3. The van der Waals surface area contributed by atoms with Crippen LogP contribution >= 0.6 is 0 Å². The van der Waals surface area contributed by atoms with E-state index in [0.29, 0.717) is 11.1 Å². The molecule has 0 heterocycles. The van der Waals surface area contributed by atoms with Crippen LogP contribution in [0.15, 0.2) is 48.5 Å². The van der Waals surface area contributed by atoms with Gasteiger partial charge in [0.25, 0.3) is 6.43 Å². The number of alkyl halides is 5. The molecule has 0 aliphatic carbocycles. The highest BCUT2D eigenvalue weighted by atomic mass is 19.4. The SMILES string of the molecule is CC(NC(=O)NCc1cccc(OCC(F)F)c1)c1ccc(OCC(F)(F)F)cc1. The second kappa shape index (κ2) is 10.7. The molecule has 0 radical (unpaired) electrons. The lowest BCUT2D eigenvalue weighted by Gasteiger charge is -2.16. The van der Waals surface area contributed by atoms with E-state index >= 15 is 0 Å². The maximum atomic E-state index is 12.2. The zero-order valence-corrected chi connectivity index (χ0v) is 16.0. The van der Waals surface area contributed by atoms with Gasteiger partial charge in [-0.3, -0.25) is 0 Å². The third kappa shape index (κ3) is 8.54. The number of ether oxygens (including phenoxy) is 2. The van der Waals surface area contributed by atoms with Gasteiger partial charge in [0.2, 0.25) is 0 Å². The molecule has 2 aromatic carbocycles. The molecule has 5 nitrogen and oxygen atoms in total. The van der Waals surface area contributed by atoms with Crippen LogP contribution in [-0.2, 0) is 6.54 Å². The number of carbonyl (C=O) groups excluding carboxylic acids is 1. The Morgan fingerprint density at radius 1 is 1.03 bits per heavy atom. The number of halogens is 5. The van der Waals surface area contributed by atoms with Crippen molar-refractivity contribution in [2.24, 2.45) is 0 Å². The Hall–Kier alpha value is -3.04. The van der Waals surface area contributed by atoms with Crippen LogP contribution in [0.2, 0.25) is 0 Å². The Bertz CT molecular complexity index is 813. The van der Waals surface area contributed by atoms with Crippen molar-refractivity contribution in [3.05, 3.63) is 59.7 Å². The molecule has 0 saturated heterocycles. The molecule has 0 spiro atoms. The number of carbonyl (C=O) groups is 1. The third-order valence-electron chi connectivity index (χ3n) is 3.86. The number of rotatable bonds is 9. The minimum atomic E-state index is -4.42. The first-order chi connectivity index (χ1) is 14.1. The summed E-state index contributed by atoms with van der Waals surface area (Å²) in [7, 11) is 0. The van der Waals surface area contributed by atoms with Gasteiger partial charge in [0.15, 0.2) is 6.61 Å². The maximum absolute atomic E-state index is 12.2. The first-order valence-corrected chi connectivity index (χ1v) is 8.96. The van der Waals surface area contributed by atoms with Gasteiger partial charge >= 0.3 is 12.2 Å². The number of nitrogens with one attached hydrogen (secondary N) is 2. The zero-order chi connectivity index (χ0) is 22.1. The van der Waals surface area contributed by atoms with E-state index in [9.17, 15) is 26.7 Å². The van der Waals surface area contributed by atoms with E-state index in [1.165, 1.54) is 18.2 Å². The monoisotopic (exact) mass is 432 g/mol. The number of benzene rings is 2. The molecule has 0 saturated carbocycles. The Balaban J connectivity index is 1.81. The highest BCUT2D eigenvalue weighted by Gasteiger charge is 2.28. The fourth-order valence-corrected chi connectivity index (χ4v) is 2.44. The van der Waals surface area contributed by atoms with E-state index in [-0.39, 0.29) is 18.0 Å². The van der Waals surface area contributed by atoms with E-state index in [0.717, 1.165) is 0 Å². The first kappa shape index (κ1) is 23.2. The van der Waals surface area contributed by atoms with Gasteiger partial charge in [-0.2, -0.15) is 13.2 Å². The molecule has 0 aromatic heterocycles. The minimum Gasteiger partial charge on any atom is -0.488 e. The van der Waals surface area contributed by atoms with Gasteiger partial charge in [0.05, 0.1) is 6.04 Å². The van der Waals surface area contributed by atoms with Gasteiger partial charge in [-0.25, -0.2) is 13.6 Å². The quantitative estimate of drug-likeness (QED) is 0.558. The minimum absolute atomic E-state index is 0.0710. The zero-order valence-electron chi connectivity index (χ0n) is 16.0. The Morgan fingerprint density at radius 3 is 2.37 bits per heavy atom. The standard InChI is InChI=1S/C20H21F5N2O3/c1-13(15-5-7-16(8-6-15)30-12-20(23,24)25)27-19(28)26-10-14-3-2-4-17(9-14)29-11-18(21)22/h2-9,13,18H,10-12H2,1H3,(H2,26,27,28). The van der Waals surface area contributed by atoms with Crippen LogP contribution < -0.4 is 20.1 Å². The number of hydrogen-bond donors (Lipinski definition) is 2. The highest BCUT2D eigenvalue weighted by Crippen LogP contribution is 2.21. The predicted molar refractivity (Wildman–Crippen MR) is 99.7 cm³/mol. The van der Waals surface area contributed by atoms with Gasteiger partial charge in [0, 0.05) is 6.54 Å². The first-order valence-electron chi connectivity index (χ1n) is 8.96. The summed E-state index contributed by atoms with van der Waals surface area (Å²) in [6.07, 6.45) is -7.00. The fourth-order valence-electron chi connectivity index (χ4n) is 2.44. The van der Waals surface area contributed by atoms with E-state index in [1.54, 1.807) is 37.3 Å². The van der Waals surface area contributed by atoms with Crippen molar-refractivity contribution in [1.82, 2.24) is 10.6 Å². The van der Waals surface area contributed by atoms with Gasteiger partial charge in [-0.05, 0) is 42.3 Å². The second-order valence-corrected chi connectivity index (χ2v) is 6.37. The van der Waals surface area contributed by atoms with E-state index in [4.69, 9.17) is 4.74 Å². The molecule has 2 N–H and O–H groups in total. The topological polar surface area (TPSA) is 59.6 Å². The lowest BCUT2D eigenvalue weighted by Crippen LogP contribution is -2.36. The summed E-state index contributed by atoms with van der Waals surface area (Å²) >= 11 is 0. The summed E-state index contributed by atoms with van der Waals surface area (Å²) in [5.74, 6) is 0.345. The van der Waals surface area contributed by atoms with Crippen molar-refractivity contribution in [1.29, 1.82) is 0 Å². The third-order valence-corrected chi connectivity index (χ3v) is 3.86. The van der Waals surface area contributed by atoms with E-state index < -0.39 is 37.9 Å². The van der Waals surface area contributed by atoms with Crippen LogP contribution in [0.1, 0.15) is 24.1 Å². The van der Waals surface area contributed by atoms with Crippen molar-refractivity contribution < 1.29 is 36.2 Å².